The summed E-state index contributed by atoms with van der Waals surface area (Å²) in [5.41, 5.74) is 2.37. The summed E-state index contributed by atoms with van der Waals surface area (Å²) in [4.78, 5) is 13.5. The zero-order valence-corrected chi connectivity index (χ0v) is 10.4. The number of hydrogen-bond donors (Lipinski definition) is 0. The number of rotatable bonds is 4. The third-order valence-electron chi connectivity index (χ3n) is 2.75. The highest BCUT2D eigenvalue weighted by Gasteiger charge is 2.16. The number of carbonyl (C=O) groups excluding carboxylic acids is 1. The first-order valence-corrected chi connectivity index (χ1v) is 5.38. The van der Waals surface area contributed by atoms with Crippen LogP contribution in [0.4, 0.5) is 0 Å². The van der Waals surface area contributed by atoms with Crippen molar-refractivity contribution in [2.24, 2.45) is 0 Å². The monoisotopic (exact) mass is 221 g/mol. The van der Waals surface area contributed by atoms with Gasteiger partial charge >= 0.3 is 0 Å². The number of ether oxygens (including phenoxy) is 1. The van der Waals surface area contributed by atoms with E-state index in [0.717, 1.165) is 0 Å². The van der Waals surface area contributed by atoms with Crippen molar-refractivity contribution in [3.8, 4) is 0 Å². The molecule has 1 atom stereocenters. The van der Waals surface area contributed by atoms with Gasteiger partial charge < -0.3 is 9.64 Å². The minimum absolute atomic E-state index is 0.00533. The number of carbonyl (C=O) groups is 1. The predicted octanol–water partition coefficient (Wildman–Crippen LogP) is 1.99. The second kappa shape index (κ2) is 5.66. The van der Waals surface area contributed by atoms with E-state index in [1.54, 1.807) is 26.0 Å². The Bertz CT molecular complexity index is 363. The predicted molar refractivity (Wildman–Crippen MR) is 64.1 cm³/mol. The van der Waals surface area contributed by atoms with E-state index >= 15 is 0 Å². The van der Waals surface area contributed by atoms with Crippen LogP contribution in [0.3, 0.4) is 0 Å². The van der Waals surface area contributed by atoms with E-state index in [1.165, 1.54) is 11.1 Å². The Labute approximate surface area is 97.0 Å². The molecule has 0 fully saturated rings. The highest BCUT2D eigenvalue weighted by Crippen LogP contribution is 2.10. The van der Waals surface area contributed by atoms with Gasteiger partial charge in [0.25, 0.3) is 5.91 Å². The Morgan fingerprint density at radius 3 is 2.62 bits per heavy atom. The summed E-state index contributed by atoms with van der Waals surface area (Å²) in [7, 11) is 3.34. The zero-order valence-electron chi connectivity index (χ0n) is 10.4. The fourth-order valence-corrected chi connectivity index (χ4v) is 1.53. The molecule has 0 bridgehead atoms. The normalized spacial score (nSPS) is 12.2. The maximum absolute atomic E-state index is 11.8. The highest BCUT2D eigenvalue weighted by molar-refractivity contribution is 5.80. The van der Waals surface area contributed by atoms with Gasteiger partial charge in [-0.3, -0.25) is 4.79 Å². The number of amides is 1. The summed E-state index contributed by atoms with van der Waals surface area (Å²) in [6, 6.07) is 8.07. The van der Waals surface area contributed by atoms with Gasteiger partial charge in [0, 0.05) is 20.7 Å². The standard InChI is InChI=1S/C13H19NO2/c1-10-7-5-6-8-12(10)9-14(3)13(15)11(2)16-4/h5-8,11H,9H2,1-4H3. The van der Waals surface area contributed by atoms with E-state index in [1.807, 2.05) is 31.2 Å². The van der Waals surface area contributed by atoms with Crippen LogP contribution in [0.5, 0.6) is 0 Å². The quantitative estimate of drug-likeness (QED) is 0.778. The maximum atomic E-state index is 11.8. The summed E-state index contributed by atoms with van der Waals surface area (Å²) in [6.45, 7) is 4.43. The molecular formula is C13H19NO2. The Morgan fingerprint density at radius 1 is 1.44 bits per heavy atom. The van der Waals surface area contributed by atoms with Crippen LogP contribution in [0.25, 0.3) is 0 Å². The van der Waals surface area contributed by atoms with E-state index in [-0.39, 0.29) is 12.0 Å². The number of hydrogen-bond acceptors (Lipinski definition) is 2. The minimum Gasteiger partial charge on any atom is -0.372 e. The lowest BCUT2D eigenvalue weighted by Crippen LogP contribution is -2.35. The van der Waals surface area contributed by atoms with Crippen molar-refractivity contribution in [3.63, 3.8) is 0 Å². The van der Waals surface area contributed by atoms with Gasteiger partial charge in [-0.05, 0) is 25.0 Å². The maximum Gasteiger partial charge on any atom is 0.251 e. The molecule has 1 aromatic carbocycles. The number of likely N-dealkylation sites (N-methyl/N-ethyl adjacent to an activating group) is 1. The molecule has 0 aliphatic rings. The number of aryl methyl sites for hydroxylation is 1. The van der Waals surface area contributed by atoms with Crippen molar-refractivity contribution in [2.45, 2.75) is 26.5 Å². The van der Waals surface area contributed by atoms with Crippen molar-refractivity contribution >= 4 is 5.91 Å². The van der Waals surface area contributed by atoms with Crippen LogP contribution in [-0.2, 0) is 16.1 Å². The van der Waals surface area contributed by atoms with E-state index in [0.29, 0.717) is 6.54 Å². The van der Waals surface area contributed by atoms with Gasteiger partial charge in [-0.15, -0.1) is 0 Å². The summed E-state index contributed by atoms with van der Waals surface area (Å²) < 4.78 is 5.01. The van der Waals surface area contributed by atoms with Crippen LogP contribution < -0.4 is 0 Å². The molecule has 1 aromatic rings. The summed E-state index contributed by atoms with van der Waals surface area (Å²) in [6.07, 6.45) is -0.381. The largest absolute Gasteiger partial charge is 0.372 e. The average Bonchev–Trinajstić information content (AvgIpc) is 2.30. The Balaban J connectivity index is 2.68. The molecule has 88 valence electrons. The summed E-state index contributed by atoms with van der Waals surface area (Å²) >= 11 is 0. The smallest absolute Gasteiger partial charge is 0.251 e. The van der Waals surface area contributed by atoms with Crippen molar-refractivity contribution in [3.05, 3.63) is 35.4 Å². The van der Waals surface area contributed by atoms with Gasteiger partial charge in [0.2, 0.25) is 0 Å². The molecule has 1 rings (SSSR count). The molecule has 0 radical (unpaired) electrons. The molecule has 3 heteroatoms. The molecule has 0 saturated heterocycles. The van der Waals surface area contributed by atoms with Crippen molar-refractivity contribution in [2.75, 3.05) is 14.2 Å². The minimum atomic E-state index is -0.381. The van der Waals surface area contributed by atoms with Gasteiger partial charge in [-0.25, -0.2) is 0 Å². The second-order valence-corrected chi connectivity index (χ2v) is 4.00. The highest BCUT2D eigenvalue weighted by atomic mass is 16.5. The Morgan fingerprint density at radius 2 is 2.06 bits per heavy atom. The molecule has 1 amide bonds. The molecule has 0 spiro atoms. The molecule has 3 nitrogen and oxygen atoms in total. The van der Waals surface area contributed by atoms with Gasteiger partial charge in [0.15, 0.2) is 0 Å². The van der Waals surface area contributed by atoms with Crippen molar-refractivity contribution in [1.29, 1.82) is 0 Å². The third-order valence-corrected chi connectivity index (χ3v) is 2.75. The molecule has 1 unspecified atom stereocenters. The van der Waals surface area contributed by atoms with Gasteiger partial charge in [0.1, 0.15) is 6.10 Å². The van der Waals surface area contributed by atoms with Gasteiger partial charge in [-0.1, -0.05) is 24.3 Å². The molecule has 0 aliphatic carbocycles. The molecule has 0 N–H and O–H groups in total. The fraction of sp³-hybridized carbons (Fsp3) is 0.462. The average molecular weight is 221 g/mol. The van der Waals surface area contributed by atoms with Crippen LogP contribution in [0.1, 0.15) is 18.1 Å². The first-order chi connectivity index (χ1) is 7.56. The lowest BCUT2D eigenvalue weighted by Gasteiger charge is -2.21. The third kappa shape index (κ3) is 3.07. The van der Waals surface area contributed by atoms with Crippen LogP contribution in [0.2, 0.25) is 0 Å². The van der Waals surface area contributed by atoms with E-state index in [2.05, 4.69) is 0 Å². The first kappa shape index (κ1) is 12.7. The summed E-state index contributed by atoms with van der Waals surface area (Å²) in [5.74, 6) is 0.00533. The molecule has 0 aliphatic heterocycles. The number of methoxy groups -OCH3 is 1. The van der Waals surface area contributed by atoms with Crippen LogP contribution in [0, 0.1) is 6.92 Å². The molecule has 16 heavy (non-hydrogen) atoms. The van der Waals surface area contributed by atoms with Crippen molar-refractivity contribution < 1.29 is 9.53 Å². The Kier molecular flexibility index (Phi) is 4.50. The Hall–Kier alpha value is -1.35. The zero-order chi connectivity index (χ0) is 12.1. The van der Waals surface area contributed by atoms with E-state index < -0.39 is 0 Å². The van der Waals surface area contributed by atoms with E-state index in [9.17, 15) is 4.79 Å². The fourth-order valence-electron chi connectivity index (χ4n) is 1.53. The second-order valence-electron chi connectivity index (χ2n) is 4.00. The van der Waals surface area contributed by atoms with Gasteiger partial charge in [0.05, 0.1) is 0 Å². The first-order valence-electron chi connectivity index (χ1n) is 5.38. The van der Waals surface area contributed by atoms with Crippen LogP contribution in [-0.4, -0.2) is 31.1 Å². The van der Waals surface area contributed by atoms with Gasteiger partial charge in [-0.2, -0.15) is 0 Å². The summed E-state index contributed by atoms with van der Waals surface area (Å²) in [5, 5.41) is 0. The lowest BCUT2D eigenvalue weighted by molar-refractivity contribution is -0.140. The molecule has 0 saturated carbocycles. The van der Waals surface area contributed by atoms with Crippen LogP contribution >= 0.6 is 0 Å². The topological polar surface area (TPSA) is 29.5 Å². The van der Waals surface area contributed by atoms with E-state index in [4.69, 9.17) is 4.74 Å². The van der Waals surface area contributed by atoms with Crippen molar-refractivity contribution in [1.82, 2.24) is 4.90 Å². The molecular weight excluding hydrogens is 202 g/mol. The number of nitrogens with zero attached hydrogens (tertiary/aromatic N) is 1. The lowest BCUT2D eigenvalue weighted by atomic mass is 10.1. The molecule has 0 heterocycles. The molecule has 0 aromatic heterocycles. The number of benzene rings is 1. The van der Waals surface area contributed by atoms with Crippen LogP contribution in [0.15, 0.2) is 24.3 Å². The SMILES string of the molecule is COC(C)C(=O)N(C)Cc1ccccc1C.